The number of fused-ring (bicyclic) bond motifs is 1. The van der Waals surface area contributed by atoms with Gasteiger partial charge in [0, 0.05) is 11.0 Å². The molecule has 0 bridgehead atoms. The summed E-state index contributed by atoms with van der Waals surface area (Å²) in [6, 6.07) is 34.8. The average Bonchev–Trinajstić information content (AvgIpc) is 3.22. The smallest absolute Gasteiger partial charge is 0.344 e. The average molecular weight is 509 g/mol. The van der Waals surface area contributed by atoms with E-state index in [0.717, 1.165) is 26.6 Å². The van der Waals surface area contributed by atoms with E-state index in [1.165, 1.54) is 0 Å². The molecule has 0 N–H and O–H groups in total. The zero-order valence-corrected chi connectivity index (χ0v) is 19.9. The lowest BCUT2D eigenvalue weighted by Gasteiger charge is -2.11. The summed E-state index contributed by atoms with van der Waals surface area (Å²) in [6.45, 7) is 0.620. The fraction of sp³-hybridized carbons (Fsp3) is 0.0345. The van der Waals surface area contributed by atoms with E-state index in [1.54, 1.807) is 12.1 Å². The fourth-order valence-electron chi connectivity index (χ4n) is 3.80. The Labute approximate surface area is 206 Å². The molecule has 5 heteroatoms. The summed E-state index contributed by atoms with van der Waals surface area (Å²) in [5.74, 6) is 0.755. The monoisotopic (exact) mass is 508 g/mol. The van der Waals surface area contributed by atoms with Crippen molar-refractivity contribution in [2.45, 2.75) is 6.54 Å². The van der Waals surface area contributed by atoms with E-state index in [0.29, 0.717) is 23.7 Å². The Bertz CT molecular complexity index is 1460. The van der Waals surface area contributed by atoms with E-state index >= 15 is 0 Å². The van der Waals surface area contributed by atoms with Crippen molar-refractivity contribution in [1.29, 1.82) is 0 Å². The first-order valence-electron chi connectivity index (χ1n) is 10.9. The Morgan fingerprint density at radius 3 is 2.21 bits per heavy atom. The lowest BCUT2D eigenvalue weighted by atomic mass is 10.1. The number of ether oxygens (including phenoxy) is 1. The molecule has 0 aliphatic rings. The van der Waals surface area contributed by atoms with Crippen LogP contribution >= 0.6 is 15.9 Å². The number of carbonyl (C=O) groups is 1. The van der Waals surface area contributed by atoms with Gasteiger partial charge in [-0.05, 0) is 53.6 Å². The summed E-state index contributed by atoms with van der Waals surface area (Å²) in [6.07, 6.45) is 1.82. The Morgan fingerprint density at radius 1 is 0.824 bits per heavy atom. The van der Waals surface area contributed by atoms with Gasteiger partial charge >= 0.3 is 5.97 Å². The third-order valence-electron chi connectivity index (χ3n) is 5.47. The van der Waals surface area contributed by atoms with Gasteiger partial charge in [0.1, 0.15) is 11.6 Å². The van der Waals surface area contributed by atoms with E-state index in [9.17, 15) is 4.79 Å². The van der Waals surface area contributed by atoms with E-state index in [1.807, 2.05) is 91.0 Å². The van der Waals surface area contributed by atoms with Crippen LogP contribution in [0.3, 0.4) is 0 Å². The molecule has 166 valence electrons. The van der Waals surface area contributed by atoms with Crippen LogP contribution in [-0.2, 0) is 11.3 Å². The zero-order valence-electron chi connectivity index (χ0n) is 18.3. The molecule has 0 atom stereocenters. The molecule has 0 unspecified atom stereocenters. The van der Waals surface area contributed by atoms with Crippen LogP contribution in [-0.4, -0.2) is 15.5 Å². The van der Waals surface area contributed by atoms with E-state index in [2.05, 4.69) is 32.6 Å². The van der Waals surface area contributed by atoms with Gasteiger partial charge in [0.2, 0.25) is 0 Å². The van der Waals surface area contributed by atoms with Crippen molar-refractivity contribution in [1.82, 2.24) is 9.55 Å². The lowest BCUT2D eigenvalue weighted by Crippen LogP contribution is -2.11. The zero-order chi connectivity index (χ0) is 23.3. The first kappa shape index (κ1) is 21.9. The molecule has 0 aliphatic heterocycles. The summed E-state index contributed by atoms with van der Waals surface area (Å²) in [5, 5.41) is 0. The number of benzene rings is 4. The van der Waals surface area contributed by atoms with Crippen LogP contribution < -0.4 is 4.74 Å². The van der Waals surface area contributed by atoms with Crippen molar-refractivity contribution in [2.75, 3.05) is 0 Å². The molecule has 34 heavy (non-hydrogen) atoms. The van der Waals surface area contributed by atoms with Crippen LogP contribution in [0.5, 0.6) is 5.75 Å². The molecule has 0 saturated heterocycles. The van der Waals surface area contributed by atoms with Crippen LogP contribution in [0.25, 0.3) is 22.7 Å². The molecule has 4 aromatic carbocycles. The quantitative estimate of drug-likeness (QED) is 0.141. The molecule has 0 amide bonds. The SMILES string of the molecule is O=C(Oc1ccccc1)/C(=C\c1nc2ccccc2n1Cc1ccc(Br)cc1)c1ccccc1. The van der Waals surface area contributed by atoms with Gasteiger partial charge in [0.05, 0.1) is 16.6 Å². The molecular formula is C29H21BrN2O2. The molecule has 1 aromatic heterocycles. The van der Waals surface area contributed by atoms with Crippen LogP contribution in [0.4, 0.5) is 0 Å². The second kappa shape index (κ2) is 9.89. The van der Waals surface area contributed by atoms with Crippen molar-refractivity contribution >= 4 is 44.6 Å². The number of carbonyl (C=O) groups excluding carboxylic acids is 1. The lowest BCUT2D eigenvalue weighted by molar-refractivity contribution is -0.127. The van der Waals surface area contributed by atoms with Gasteiger partial charge in [-0.2, -0.15) is 0 Å². The van der Waals surface area contributed by atoms with Gasteiger partial charge in [-0.3, -0.25) is 0 Å². The molecule has 0 radical (unpaired) electrons. The number of rotatable bonds is 6. The second-order valence-electron chi connectivity index (χ2n) is 7.80. The number of para-hydroxylation sites is 3. The highest BCUT2D eigenvalue weighted by Gasteiger charge is 2.18. The molecule has 4 nitrogen and oxygen atoms in total. The Hall–Kier alpha value is -3.96. The number of hydrogen-bond donors (Lipinski definition) is 0. The van der Waals surface area contributed by atoms with Crippen LogP contribution in [0.2, 0.25) is 0 Å². The van der Waals surface area contributed by atoms with Crippen molar-refractivity contribution in [2.24, 2.45) is 0 Å². The third-order valence-corrected chi connectivity index (χ3v) is 6.00. The fourth-order valence-corrected chi connectivity index (χ4v) is 4.06. The summed E-state index contributed by atoms with van der Waals surface area (Å²) in [7, 11) is 0. The minimum Gasteiger partial charge on any atom is -0.423 e. The number of esters is 1. The van der Waals surface area contributed by atoms with E-state index in [4.69, 9.17) is 9.72 Å². The Kier molecular flexibility index (Phi) is 6.36. The van der Waals surface area contributed by atoms with Crippen LogP contribution in [0, 0.1) is 0 Å². The molecule has 0 spiro atoms. The standard InChI is InChI=1S/C29H21BrN2O2/c30-23-17-15-21(16-18-23)20-32-27-14-8-7-13-26(27)31-28(32)19-25(22-9-3-1-4-10-22)29(33)34-24-11-5-2-6-12-24/h1-19H,20H2/b25-19-. The number of aromatic nitrogens is 2. The number of imidazole rings is 1. The van der Waals surface area contributed by atoms with Crippen molar-refractivity contribution in [3.05, 3.63) is 131 Å². The van der Waals surface area contributed by atoms with Gasteiger partial charge in [-0.1, -0.05) is 88.7 Å². The highest BCUT2D eigenvalue weighted by molar-refractivity contribution is 9.10. The van der Waals surface area contributed by atoms with Gasteiger partial charge < -0.3 is 9.30 Å². The highest BCUT2D eigenvalue weighted by Crippen LogP contribution is 2.25. The van der Waals surface area contributed by atoms with Gasteiger partial charge in [-0.25, -0.2) is 9.78 Å². The minimum atomic E-state index is -0.431. The van der Waals surface area contributed by atoms with Crippen molar-refractivity contribution < 1.29 is 9.53 Å². The minimum absolute atomic E-state index is 0.431. The van der Waals surface area contributed by atoms with Gasteiger partial charge in [0.15, 0.2) is 0 Å². The molecule has 0 saturated carbocycles. The molecule has 5 aromatic rings. The molecule has 5 rings (SSSR count). The third kappa shape index (κ3) is 4.85. The molecule has 1 heterocycles. The largest absolute Gasteiger partial charge is 0.423 e. The maximum absolute atomic E-state index is 13.3. The van der Waals surface area contributed by atoms with E-state index < -0.39 is 5.97 Å². The van der Waals surface area contributed by atoms with Crippen molar-refractivity contribution in [3.8, 4) is 5.75 Å². The van der Waals surface area contributed by atoms with Gasteiger partial charge in [0.25, 0.3) is 0 Å². The topological polar surface area (TPSA) is 44.1 Å². The maximum atomic E-state index is 13.3. The normalized spacial score (nSPS) is 11.5. The predicted octanol–water partition coefficient (Wildman–Crippen LogP) is 6.99. The van der Waals surface area contributed by atoms with Crippen molar-refractivity contribution in [3.63, 3.8) is 0 Å². The maximum Gasteiger partial charge on any atom is 0.344 e. The molecular weight excluding hydrogens is 488 g/mol. The predicted molar refractivity (Wildman–Crippen MR) is 139 cm³/mol. The van der Waals surface area contributed by atoms with Crippen LogP contribution in [0.1, 0.15) is 17.0 Å². The number of nitrogens with zero attached hydrogens (tertiary/aromatic N) is 2. The van der Waals surface area contributed by atoms with E-state index in [-0.39, 0.29) is 0 Å². The Balaban J connectivity index is 1.61. The number of halogens is 1. The highest BCUT2D eigenvalue weighted by atomic mass is 79.9. The molecule has 0 fully saturated rings. The van der Waals surface area contributed by atoms with Crippen LogP contribution in [0.15, 0.2) is 114 Å². The first-order valence-corrected chi connectivity index (χ1v) is 11.7. The summed E-state index contributed by atoms with van der Waals surface area (Å²) >= 11 is 3.50. The number of hydrogen-bond acceptors (Lipinski definition) is 3. The summed E-state index contributed by atoms with van der Waals surface area (Å²) < 4.78 is 8.85. The second-order valence-corrected chi connectivity index (χ2v) is 8.71. The summed E-state index contributed by atoms with van der Waals surface area (Å²) in [5.41, 5.74) is 4.21. The first-order chi connectivity index (χ1) is 16.7. The molecule has 0 aliphatic carbocycles. The summed E-state index contributed by atoms with van der Waals surface area (Å²) in [4.78, 5) is 18.2. The Morgan fingerprint density at radius 2 is 1.47 bits per heavy atom. The van der Waals surface area contributed by atoms with Gasteiger partial charge in [-0.15, -0.1) is 0 Å².